The van der Waals surface area contributed by atoms with Crippen LogP contribution in [0.3, 0.4) is 0 Å². The molecule has 2 aromatic carbocycles. The van der Waals surface area contributed by atoms with Gasteiger partial charge in [-0.15, -0.1) is 0 Å². The largest absolute Gasteiger partial charge is 0.354 e. The highest BCUT2D eigenvalue weighted by Crippen LogP contribution is 2.31. The molecule has 1 atom stereocenters. The van der Waals surface area contributed by atoms with Crippen molar-refractivity contribution in [3.8, 4) is 0 Å². The summed E-state index contributed by atoms with van der Waals surface area (Å²) >= 11 is 12.3. The molecule has 0 bridgehead atoms. The van der Waals surface area contributed by atoms with Gasteiger partial charge in [0, 0.05) is 31.1 Å². The molecule has 1 N–H and O–H groups in total. The first kappa shape index (κ1) is 28.9. The number of halogens is 2. The first-order valence-corrected chi connectivity index (χ1v) is 14.2. The van der Waals surface area contributed by atoms with Gasteiger partial charge in [-0.05, 0) is 43.5 Å². The number of rotatable bonds is 13. The molecule has 35 heavy (non-hydrogen) atoms. The molecule has 2 rings (SSSR count). The Bertz CT molecular complexity index is 1100. The highest BCUT2D eigenvalue weighted by molar-refractivity contribution is 7.92. The van der Waals surface area contributed by atoms with Crippen LogP contribution in [0.5, 0.6) is 0 Å². The first-order valence-electron chi connectivity index (χ1n) is 11.6. The van der Waals surface area contributed by atoms with E-state index in [-0.39, 0.29) is 48.5 Å². The molecule has 192 valence electrons. The standard InChI is InChI=1S/C25H33Cl2N3O4S/c1-4-5-15-28-25(32)19(2)29(18-20-10-7-6-8-11-20)24(31)12-9-16-30(35(3,33)34)23-17-21(26)13-14-22(23)27/h6-8,10-11,13-14,17,19H,4-5,9,12,15-16,18H2,1-3H3,(H,28,32)/t19-/m0/s1. The van der Waals surface area contributed by atoms with Crippen molar-refractivity contribution in [2.24, 2.45) is 0 Å². The quantitative estimate of drug-likeness (QED) is 0.366. The van der Waals surface area contributed by atoms with Gasteiger partial charge in [-0.2, -0.15) is 0 Å². The molecule has 0 saturated heterocycles. The summed E-state index contributed by atoms with van der Waals surface area (Å²) in [6.45, 7) is 4.61. The van der Waals surface area contributed by atoms with Crippen LogP contribution in [-0.4, -0.2) is 50.5 Å². The maximum Gasteiger partial charge on any atom is 0.242 e. The molecule has 0 aliphatic carbocycles. The van der Waals surface area contributed by atoms with Crippen LogP contribution >= 0.6 is 23.2 Å². The topological polar surface area (TPSA) is 86.8 Å². The van der Waals surface area contributed by atoms with Crippen LogP contribution in [0, 0.1) is 0 Å². The minimum atomic E-state index is -3.67. The number of anilines is 1. The van der Waals surface area contributed by atoms with Crippen molar-refractivity contribution in [2.75, 3.05) is 23.7 Å². The second-order valence-corrected chi connectivity index (χ2v) is 11.1. The van der Waals surface area contributed by atoms with Crippen molar-refractivity contribution >= 4 is 50.7 Å². The lowest BCUT2D eigenvalue weighted by Crippen LogP contribution is -2.47. The van der Waals surface area contributed by atoms with E-state index in [2.05, 4.69) is 5.32 Å². The summed E-state index contributed by atoms with van der Waals surface area (Å²) in [6, 6.07) is 13.4. The Labute approximate surface area is 218 Å². The molecule has 0 heterocycles. The highest BCUT2D eigenvalue weighted by atomic mass is 35.5. The van der Waals surface area contributed by atoms with Crippen molar-refractivity contribution in [2.45, 2.75) is 52.1 Å². The Kier molecular flexibility index (Phi) is 11.3. The van der Waals surface area contributed by atoms with Gasteiger partial charge in [-0.25, -0.2) is 8.42 Å². The van der Waals surface area contributed by atoms with Gasteiger partial charge < -0.3 is 10.2 Å². The van der Waals surface area contributed by atoms with Gasteiger partial charge in [-0.3, -0.25) is 13.9 Å². The second kappa shape index (κ2) is 13.7. The highest BCUT2D eigenvalue weighted by Gasteiger charge is 2.27. The molecule has 0 fully saturated rings. The van der Waals surface area contributed by atoms with Crippen molar-refractivity contribution in [3.63, 3.8) is 0 Å². The van der Waals surface area contributed by atoms with Crippen LogP contribution in [0.25, 0.3) is 0 Å². The number of hydrogen-bond donors (Lipinski definition) is 1. The number of benzene rings is 2. The summed E-state index contributed by atoms with van der Waals surface area (Å²) in [7, 11) is -3.67. The lowest BCUT2D eigenvalue weighted by Gasteiger charge is -2.29. The third-order valence-corrected chi connectivity index (χ3v) is 7.26. The summed E-state index contributed by atoms with van der Waals surface area (Å²) < 4.78 is 26.0. The number of amides is 2. The van der Waals surface area contributed by atoms with Gasteiger partial charge in [0.2, 0.25) is 21.8 Å². The fourth-order valence-electron chi connectivity index (χ4n) is 3.56. The van der Waals surface area contributed by atoms with Gasteiger partial charge in [0.15, 0.2) is 0 Å². The second-order valence-electron chi connectivity index (χ2n) is 8.36. The van der Waals surface area contributed by atoms with Gasteiger partial charge in [-0.1, -0.05) is 66.9 Å². The van der Waals surface area contributed by atoms with Crippen molar-refractivity contribution in [1.82, 2.24) is 10.2 Å². The molecule has 0 spiro atoms. The van der Waals surface area contributed by atoms with Crippen LogP contribution in [0.15, 0.2) is 48.5 Å². The van der Waals surface area contributed by atoms with E-state index in [0.717, 1.165) is 29.0 Å². The Balaban J connectivity index is 2.15. The van der Waals surface area contributed by atoms with Crippen molar-refractivity contribution in [1.29, 1.82) is 0 Å². The zero-order valence-electron chi connectivity index (χ0n) is 20.3. The molecule has 0 aliphatic rings. The van der Waals surface area contributed by atoms with Gasteiger partial charge >= 0.3 is 0 Å². The predicted molar refractivity (Wildman–Crippen MR) is 142 cm³/mol. The summed E-state index contributed by atoms with van der Waals surface area (Å²) in [5.74, 6) is -0.455. The summed E-state index contributed by atoms with van der Waals surface area (Å²) in [5.41, 5.74) is 1.16. The van der Waals surface area contributed by atoms with E-state index in [4.69, 9.17) is 23.2 Å². The van der Waals surface area contributed by atoms with Gasteiger partial charge in [0.05, 0.1) is 17.0 Å². The summed E-state index contributed by atoms with van der Waals surface area (Å²) in [6.07, 6.45) is 3.19. The lowest BCUT2D eigenvalue weighted by molar-refractivity contribution is -0.140. The van der Waals surface area contributed by atoms with Gasteiger partial charge in [0.25, 0.3) is 0 Å². The number of nitrogens with one attached hydrogen (secondary N) is 1. The van der Waals surface area contributed by atoms with Crippen LogP contribution in [0.1, 0.15) is 45.1 Å². The van der Waals surface area contributed by atoms with Crippen LogP contribution in [-0.2, 0) is 26.2 Å². The van der Waals surface area contributed by atoms with Crippen molar-refractivity contribution in [3.05, 3.63) is 64.1 Å². The molecule has 10 heteroatoms. The van der Waals surface area contributed by atoms with Crippen molar-refractivity contribution < 1.29 is 18.0 Å². The van der Waals surface area contributed by atoms with E-state index < -0.39 is 16.1 Å². The predicted octanol–water partition coefficient (Wildman–Crippen LogP) is 4.87. The zero-order chi connectivity index (χ0) is 26.0. The molecular weight excluding hydrogens is 509 g/mol. The smallest absolute Gasteiger partial charge is 0.242 e. The minimum absolute atomic E-state index is 0.0425. The Morgan fingerprint density at radius 2 is 1.74 bits per heavy atom. The molecule has 0 unspecified atom stereocenters. The Hall–Kier alpha value is -2.29. The SMILES string of the molecule is CCCCNC(=O)[C@H](C)N(Cc1ccccc1)C(=O)CCCN(c1cc(Cl)ccc1Cl)S(C)(=O)=O. The third kappa shape index (κ3) is 9.02. The molecule has 0 saturated carbocycles. The molecule has 0 aliphatic heterocycles. The zero-order valence-corrected chi connectivity index (χ0v) is 22.7. The maximum absolute atomic E-state index is 13.2. The normalized spacial score (nSPS) is 12.1. The molecule has 7 nitrogen and oxygen atoms in total. The third-order valence-electron chi connectivity index (χ3n) is 5.52. The minimum Gasteiger partial charge on any atom is -0.354 e. The molecular formula is C25H33Cl2N3O4S. The Morgan fingerprint density at radius 3 is 2.37 bits per heavy atom. The van der Waals surface area contributed by atoms with E-state index in [1.165, 1.54) is 17.0 Å². The van der Waals surface area contributed by atoms with Crippen LogP contribution < -0.4 is 9.62 Å². The number of unbranched alkanes of at least 4 members (excludes halogenated alkanes) is 1. The summed E-state index contributed by atoms with van der Waals surface area (Å²) in [4.78, 5) is 27.5. The fraction of sp³-hybridized carbons (Fsp3) is 0.440. The average molecular weight is 543 g/mol. The van der Waals surface area contributed by atoms with Crippen LogP contribution in [0.4, 0.5) is 5.69 Å². The van der Waals surface area contributed by atoms with Gasteiger partial charge in [0.1, 0.15) is 6.04 Å². The summed E-state index contributed by atoms with van der Waals surface area (Å²) in [5, 5.41) is 3.48. The average Bonchev–Trinajstić information content (AvgIpc) is 2.81. The molecule has 0 radical (unpaired) electrons. The molecule has 0 aromatic heterocycles. The Morgan fingerprint density at radius 1 is 1.06 bits per heavy atom. The lowest BCUT2D eigenvalue weighted by atomic mass is 10.1. The van der Waals surface area contributed by atoms with E-state index >= 15 is 0 Å². The number of nitrogens with zero attached hydrogens (tertiary/aromatic N) is 2. The van der Waals surface area contributed by atoms with Crippen LogP contribution in [0.2, 0.25) is 10.0 Å². The number of carbonyl (C=O) groups excluding carboxylic acids is 2. The monoisotopic (exact) mass is 541 g/mol. The number of hydrogen-bond acceptors (Lipinski definition) is 4. The molecule has 2 aromatic rings. The van der Waals surface area contributed by atoms with E-state index in [1.54, 1.807) is 13.0 Å². The maximum atomic E-state index is 13.2. The van der Waals surface area contributed by atoms with E-state index in [0.29, 0.717) is 11.6 Å². The van der Waals surface area contributed by atoms with E-state index in [9.17, 15) is 18.0 Å². The number of carbonyl (C=O) groups is 2. The molecule has 2 amide bonds. The first-order chi connectivity index (χ1) is 16.5. The van der Waals surface area contributed by atoms with E-state index in [1.807, 2.05) is 37.3 Å². The fourth-order valence-corrected chi connectivity index (χ4v) is 4.96. The number of sulfonamides is 1.